The van der Waals surface area contributed by atoms with Crippen molar-refractivity contribution < 1.29 is 18.0 Å². The van der Waals surface area contributed by atoms with E-state index < -0.39 is 21.4 Å². The van der Waals surface area contributed by atoms with E-state index in [4.69, 9.17) is 0 Å². The zero-order chi connectivity index (χ0) is 20.6. The van der Waals surface area contributed by atoms with Crippen LogP contribution in [0.3, 0.4) is 0 Å². The zero-order valence-electron chi connectivity index (χ0n) is 15.8. The first-order valence-electron chi connectivity index (χ1n) is 9.19. The Morgan fingerprint density at radius 3 is 2.45 bits per heavy atom. The van der Waals surface area contributed by atoms with E-state index in [2.05, 4.69) is 10.2 Å². The number of carbonyl (C=O) groups is 2. The molecule has 29 heavy (non-hydrogen) atoms. The van der Waals surface area contributed by atoms with E-state index in [1.54, 1.807) is 0 Å². The molecule has 0 radical (unpaired) electrons. The Morgan fingerprint density at radius 2 is 1.72 bits per heavy atom. The van der Waals surface area contributed by atoms with E-state index in [0.29, 0.717) is 0 Å². The Bertz CT molecular complexity index is 1130. The van der Waals surface area contributed by atoms with Gasteiger partial charge in [-0.15, -0.1) is 0 Å². The highest BCUT2D eigenvalue weighted by Crippen LogP contribution is 2.32. The van der Waals surface area contributed by atoms with E-state index in [0.717, 1.165) is 42.2 Å². The maximum Gasteiger partial charge on any atom is 0.210 e. The van der Waals surface area contributed by atoms with Gasteiger partial charge in [0.05, 0.1) is 27.5 Å². The molecule has 0 saturated carbocycles. The minimum Gasteiger partial charge on any atom is -0.368 e. The first kappa shape index (κ1) is 19.7. The molecule has 2 aliphatic rings. The van der Waals surface area contributed by atoms with Crippen LogP contribution >= 0.6 is 11.8 Å². The summed E-state index contributed by atoms with van der Waals surface area (Å²) >= 11 is 1.91. The van der Waals surface area contributed by atoms with Crippen LogP contribution in [0, 0.1) is 0 Å². The summed E-state index contributed by atoms with van der Waals surface area (Å²) in [5, 5.41) is 3.12. The van der Waals surface area contributed by atoms with Crippen molar-refractivity contribution in [3.8, 4) is 0 Å². The van der Waals surface area contributed by atoms with Gasteiger partial charge in [-0.25, -0.2) is 8.42 Å². The Hall–Kier alpha value is -2.58. The number of carbonyl (C=O) groups excluding carboxylic acids is 2. The third-order valence-corrected chi connectivity index (χ3v) is 7.04. The summed E-state index contributed by atoms with van der Waals surface area (Å²) in [6.45, 7) is 1.83. The number of hydrogen-bond acceptors (Lipinski definition) is 7. The number of ketones is 2. The molecule has 1 aliphatic heterocycles. The van der Waals surface area contributed by atoms with Gasteiger partial charge < -0.3 is 10.2 Å². The van der Waals surface area contributed by atoms with Gasteiger partial charge >= 0.3 is 0 Å². The Morgan fingerprint density at radius 1 is 1.00 bits per heavy atom. The third-order valence-electron chi connectivity index (χ3n) is 4.96. The monoisotopic (exact) mass is 428 g/mol. The first-order valence-corrected chi connectivity index (χ1v) is 12.2. The van der Waals surface area contributed by atoms with Crippen molar-refractivity contribution in [3.63, 3.8) is 0 Å². The number of para-hydroxylation sites is 2. The predicted molar refractivity (Wildman–Crippen MR) is 116 cm³/mol. The van der Waals surface area contributed by atoms with Crippen LogP contribution in [0.25, 0.3) is 0 Å². The number of thioether (sulfide) groups is 1. The van der Waals surface area contributed by atoms with Crippen LogP contribution in [0.4, 0.5) is 11.4 Å². The largest absolute Gasteiger partial charge is 0.368 e. The van der Waals surface area contributed by atoms with E-state index in [1.165, 1.54) is 24.3 Å². The zero-order valence-corrected chi connectivity index (χ0v) is 17.5. The smallest absolute Gasteiger partial charge is 0.210 e. The summed E-state index contributed by atoms with van der Waals surface area (Å²) in [6, 6.07) is 12.0. The van der Waals surface area contributed by atoms with E-state index in [1.807, 2.05) is 36.0 Å². The maximum absolute atomic E-state index is 13.0. The molecule has 1 N–H and O–H groups in total. The number of fused-ring (bicyclic) bond motifs is 1. The molecule has 4 rings (SSSR count). The highest BCUT2D eigenvalue weighted by Gasteiger charge is 2.31. The summed E-state index contributed by atoms with van der Waals surface area (Å²) in [7, 11) is -3.63. The topological polar surface area (TPSA) is 83.6 Å². The fourth-order valence-corrected chi connectivity index (χ4v) is 5.40. The van der Waals surface area contributed by atoms with Gasteiger partial charge in [-0.3, -0.25) is 9.59 Å². The molecule has 0 aromatic heterocycles. The number of nitrogens with zero attached hydrogens (tertiary/aromatic N) is 1. The average molecular weight is 429 g/mol. The Balaban J connectivity index is 1.70. The Kier molecular flexibility index (Phi) is 5.23. The second kappa shape index (κ2) is 7.68. The number of hydrogen-bond donors (Lipinski definition) is 1. The van der Waals surface area contributed by atoms with Gasteiger partial charge in [0.1, 0.15) is 0 Å². The summed E-state index contributed by atoms with van der Waals surface area (Å²) < 4.78 is 24.1. The quantitative estimate of drug-likeness (QED) is 0.801. The number of anilines is 2. The van der Waals surface area contributed by atoms with Crippen LogP contribution in [0.2, 0.25) is 0 Å². The second-order valence-electron chi connectivity index (χ2n) is 6.94. The van der Waals surface area contributed by atoms with Gasteiger partial charge in [-0.2, -0.15) is 11.8 Å². The van der Waals surface area contributed by atoms with Crippen molar-refractivity contribution in [2.24, 2.45) is 0 Å². The molecule has 150 valence electrons. The minimum atomic E-state index is -3.63. The molecular formula is C21H20N2O4S2. The van der Waals surface area contributed by atoms with Crippen molar-refractivity contribution in [1.29, 1.82) is 0 Å². The number of sulfone groups is 1. The molecule has 0 unspecified atom stereocenters. The van der Waals surface area contributed by atoms with E-state index >= 15 is 0 Å². The van der Waals surface area contributed by atoms with E-state index in [-0.39, 0.29) is 21.7 Å². The number of allylic oxidation sites excluding steroid dienone is 2. The summed E-state index contributed by atoms with van der Waals surface area (Å²) in [5.74, 6) is 1.19. The SMILES string of the molecule is CS(=O)(=O)c1cccc2c1C(=O)C=C(Nc1ccccc1N1CCSCC1)C2=O. The summed E-state index contributed by atoms with van der Waals surface area (Å²) in [4.78, 5) is 27.9. The van der Waals surface area contributed by atoms with Crippen LogP contribution < -0.4 is 10.2 Å². The Labute approximate surface area is 173 Å². The van der Waals surface area contributed by atoms with Crippen LogP contribution in [-0.2, 0) is 9.84 Å². The number of rotatable bonds is 4. The number of Topliss-reactive ketones (excluding diaryl/α,β-unsaturated/α-hetero) is 1. The first-order chi connectivity index (χ1) is 13.9. The molecule has 0 spiro atoms. The normalized spacial score (nSPS) is 17.0. The number of benzene rings is 2. The van der Waals surface area contributed by atoms with Crippen molar-refractivity contribution in [3.05, 3.63) is 65.4 Å². The van der Waals surface area contributed by atoms with Crippen molar-refractivity contribution in [2.45, 2.75) is 4.90 Å². The molecule has 6 nitrogen and oxygen atoms in total. The lowest BCUT2D eigenvalue weighted by Crippen LogP contribution is -2.33. The molecule has 1 heterocycles. The van der Waals surface area contributed by atoms with Gasteiger partial charge in [0.25, 0.3) is 0 Å². The van der Waals surface area contributed by atoms with Crippen molar-refractivity contribution in [1.82, 2.24) is 0 Å². The molecule has 1 aliphatic carbocycles. The molecule has 2 aromatic rings. The molecule has 1 saturated heterocycles. The molecule has 0 bridgehead atoms. The lowest BCUT2D eigenvalue weighted by molar-refractivity contribution is 0.0983. The molecule has 1 fully saturated rings. The average Bonchev–Trinajstić information content (AvgIpc) is 2.72. The van der Waals surface area contributed by atoms with Gasteiger partial charge in [-0.05, 0) is 18.2 Å². The highest BCUT2D eigenvalue weighted by molar-refractivity contribution is 7.99. The molecule has 2 aromatic carbocycles. The van der Waals surface area contributed by atoms with E-state index in [9.17, 15) is 18.0 Å². The van der Waals surface area contributed by atoms with Crippen molar-refractivity contribution >= 4 is 44.5 Å². The maximum atomic E-state index is 13.0. The third kappa shape index (κ3) is 3.82. The van der Waals surface area contributed by atoms with Gasteiger partial charge in [-0.1, -0.05) is 24.3 Å². The van der Waals surface area contributed by atoms with Crippen LogP contribution in [0.15, 0.2) is 59.1 Å². The van der Waals surface area contributed by atoms with Crippen LogP contribution in [-0.4, -0.2) is 50.8 Å². The highest BCUT2D eigenvalue weighted by atomic mass is 32.2. The summed E-state index contributed by atoms with van der Waals surface area (Å²) in [6.07, 6.45) is 2.23. The molecule has 8 heteroatoms. The molecule has 0 amide bonds. The minimum absolute atomic E-state index is 0.0492. The second-order valence-corrected chi connectivity index (χ2v) is 10.2. The fourth-order valence-electron chi connectivity index (χ4n) is 3.59. The van der Waals surface area contributed by atoms with Gasteiger partial charge in [0, 0.05) is 42.5 Å². The number of nitrogens with one attached hydrogen (secondary N) is 1. The lowest BCUT2D eigenvalue weighted by Gasteiger charge is -2.30. The van der Waals surface area contributed by atoms with Crippen LogP contribution in [0.1, 0.15) is 20.7 Å². The molecule has 0 atom stereocenters. The van der Waals surface area contributed by atoms with Crippen molar-refractivity contribution in [2.75, 3.05) is 41.1 Å². The molecular weight excluding hydrogens is 408 g/mol. The lowest BCUT2D eigenvalue weighted by atomic mass is 9.92. The van der Waals surface area contributed by atoms with Gasteiger partial charge in [0.2, 0.25) is 5.78 Å². The standard InChI is InChI=1S/C21H20N2O4S2/c1-29(26,27)19-8-4-5-14-20(19)18(24)13-16(21(14)25)22-15-6-2-3-7-17(15)23-9-11-28-12-10-23/h2-8,13,22H,9-12H2,1H3. The van der Waals surface area contributed by atoms with Gasteiger partial charge in [0.15, 0.2) is 15.6 Å². The van der Waals surface area contributed by atoms with Crippen LogP contribution in [0.5, 0.6) is 0 Å². The summed E-state index contributed by atoms with van der Waals surface area (Å²) in [5.41, 5.74) is 1.92. The predicted octanol–water partition coefficient (Wildman–Crippen LogP) is 3.02. The fraction of sp³-hybridized carbons (Fsp3) is 0.238.